The van der Waals surface area contributed by atoms with Crippen molar-refractivity contribution in [1.29, 1.82) is 0 Å². The number of nitrogens with one attached hydrogen (secondary N) is 2. The topological polar surface area (TPSA) is 83.6 Å². The summed E-state index contributed by atoms with van der Waals surface area (Å²) in [6.45, 7) is 4.47. The number of nitrogens with zero attached hydrogens (tertiary/aromatic N) is 2. The van der Waals surface area contributed by atoms with Crippen LogP contribution in [-0.2, 0) is 9.53 Å². The molecule has 0 spiro atoms. The van der Waals surface area contributed by atoms with Crippen LogP contribution in [0.1, 0.15) is 41.7 Å². The summed E-state index contributed by atoms with van der Waals surface area (Å²) in [4.78, 5) is 31.7. The highest BCUT2D eigenvalue weighted by atomic mass is 32.1. The quantitative estimate of drug-likeness (QED) is 0.737. The molecule has 0 radical (unpaired) electrons. The second-order valence-corrected chi connectivity index (χ2v) is 8.86. The highest BCUT2D eigenvalue weighted by molar-refractivity contribution is 7.14. The zero-order valence-corrected chi connectivity index (χ0v) is 18.0. The van der Waals surface area contributed by atoms with E-state index in [9.17, 15) is 9.59 Å². The van der Waals surface area contributed by atoms with Crippen LogP contribution in [0.15, 0.2) is 29.6 Å². The molecule has 2 atom stereocenters. The molecule has 2 aromatic rings. The van der Waals surface area contributed by atoms with Gasteiger partial charge in [0.1, 0.15) is 5.69 Å². The lowest BCUT2D eigenvalue weighted by molar-refractivity contribution is -0.126. The van der Waals surface area contributed by atoms with Crippen molar-refractivity contribution >= 4 is 34.0 Å². The van der Waals surface area contributed by atoms with Gasteiger partial charge in [0.2, 0.25) is 5.91 Å². The number of likely N-dealkylation sites (tertiary alicyclic amines) is 1. The Bertz CT molecular complexity index is 894. The Morgan fingerprint density at radius 1 is 1.30 bits per heavy atom. The number of carbonyl (C=O) groups is 2. The van der Waals surface area contributed by atoms with Gasteiger partial charge in [-0.25, -0.2) is 4.98 Å². The molecule has 1 aromatic carbocycles. The van der Waals surface area contributed by atoms with Crippen molar-refractivity contribution in [2.24, 2.45) is 5.92 Å². The first-order valence-corrected chi connectivity index (χ1v) is 11.4. The average molecular weight is 429 g/mol. The lowest BCUT2D eigenvalue weighted by Gasteiger charge is -2.31. The zero-order valence-electron chi connectivity index (χ0n) is 17.2. The minimum atomic E-state index is -0.173. The molecule has 4 rings (SSSR count). The van der Waals surface area contributed by atoms with Crippen molar-refractivity contribution in [3.05, 3.63) is 40.9 Å². The summed E-state index contributed by atoms with van der Waals surface area (Å²) in [5.74, 6) is -0.268. The Labute approximate surface area is 180 Å². The fraction of sp³-hybridized carbons (Fsp3) is 0.500. The van der Waals surface area contributed by atoms with E-state index in [1.54, 1.807) is 10.3 Å². The second kappa shape index (κ2) is 9.57. The molecule has 0 saturated carbocycles. The molecule has 8 heteroatoms. The first kappa shape index (κ1) is 20.8. The maximum Gasteiger partial charge on any atom is 0.273 e. The Balaban J connectivity index is 1.32. The van der Waals surface area contributed by atoms with E-state index in [2.05, 4.69) is 15.6 Å². The molecular formula is C22H28N4O3S. The maximum absolute atomic E-state index is 12.9. The van der Waals surface area contributed by atoms with Crippen LogP contribution in [0.5, 0.6) is 0 Å². The predicted octanol–water partition coefficient (Wildman–Crippen LogP) is 3.34. The molecule has 2 amide bonds. The summed E-state index contributed by atoms with van der Waals surface area (Å²) in [6, 6.07) is 8.02. The predicted molar refractivity (Wildman–Crippen MR) is 117 cm³/mol. The molecule has 2 N–H and O–H groups in total. The third-order valence-electron chi connectivity index (χ3n) is 5.60. The van der Waals surface area contributed by atoms with Crippen LogP contribution < -0.4 is 10.6 Å². The van der Waals surface area contributed by atoms with Gasteiger partial charge >= 0.3 is 0 Å². The van der Waals surface area contributed by atoms with Crippen LogP contribution in [-0.4, -0.2) is 54.0 Å². The van der Waals surface area contributed by atoms with Crippen LogP contribution in [0, 0.1) is 12.8 Å². The summed E-state index contributed by atoms with van der Waals surface area (Å²) >= 11 is 1.41. The molecule has 1 aromatic heterocycles. The molecule has 30 heavy (non-hydrogen) atoms. The summed E-state index contributed by atoms with van der Waals surface area (Å²) < 4.78 is 5.57. The molecule has 0 unspecified atom stereocenters. The fourth-order valence-electron chi connectivity index (χ4n) is 3.98. The summed E-state index contributed by atoms with van der Waals surface area (Å²) in [5, 5.41) is 8.72. The molecule has 160 valence electrons. The molecule has 7 nitrogen and oxygen atoms in total. The number of amides is 2. The van der Waals surface area contributed by atoms with Crippen molar-refractivity contribution in [1.82, 2.24) is 15.2 Å². The van der Waals surface area contributed by atoms with E-state index in [1.165, 1.54) is 11.3 Å². The van der Waals surface area contributed by atoms with Crippen molar-refractivity contribution in [2.75, 3.05) is 31.6 Å². The van der Waals surface area contributed by atoms with Crippen molar-refractivity contribution in [3.8, 4) is 0 Å². The van der Waals surface area contributed by atoms with Gasteiger partial charge in [0.15, 0.2) is 5.13 Å². The van der Waals surface area contributed by atoms with Gasteiger partial charge in [-0.1, -0.05) is 12.1 Å². The first-order valence-electron chi connectivity index (χ1n) is 10.6. The normalized spacial score (nSPS) is 21.4. The number of aromatic nitrogens is 1. The zero-order chi connectivity index (χ0) is 20.9. The number of aryl methyl sites for hydroxylation is 1. The SMILES string of the molecule is Cc1cccc(Nc2nc(C(=O)N3CCC[C@H](C(=O)NC[C@@H]4CCCO4)C3)cs2)c1. The lowest BCUT2D eigenvalue weighted by atomic mass is 9.97. The van der Waals surface area contributed by atoms with Gasteiger partial charge in [-0.05, 0) is 50.3 Å². The first-order chi connectivity index (χ1) is 14.6. The lowest BCUT2D eigenvalue weighted by Crippen LogP contribution is -2.46. The number of piperidine rings is 1. The number of ether oxygens (including phenoxy) is 1. The van der Waals surface area contributed by atoms with E-state index in [0.29, 0.717) is 30.5 Å². The summed E-state index contributed by atoms with van der Waals surface area (Å²) in [6.07, 6.45) is 3.81. The Morgan fingerprint density at radius 3 is 3.00 bits per heavy atom. The van der Waals surface area contributed by atoms with E-state index in [-0.39, 0.29) is 23.8 Å². The van der Waals surface area contributed by atoms with E-state index in [1.807, 2.05) is 31.2 Å². The fourth-order valence-corrected chi connectivity index (χ4v) is 4.68. The minimum absolute atomic E-state index is 0.0167. The molecule has 2 aliphatic heterocycles. The number of anilines is 2. The number of hydrogen-bond acceptors (Lipinski definition) is 6. The summed E-state index contributed by atoms with van der Waals surface area (Å²) in [7, 11) is 0. The average Bonchev–Trinajstić information content (AvgIpc) is 3.44. The van der Waals surface area contributed by atoms with Gasteiger partial charge in [-0.2, -0.15) is 0 Å². The van der Waals surface area contributed by atoms with Gasteiger partial charge in [0, 0.05) is 37.3 Å². The van der Waals surface area contributed by atoms with E-state index < -0.39 is 0 Å². The summed E-state index contributed by atoms with van der Waals surface area (Å²) in [5.41, 5.74) is 2.53. The van der Waals surface area contributed by atoms with Gasteiger partial charge in [-0.15, -0.1) is 11.3 Å². The Morgan fingerprint density at radius 2 is 2.20 bits per heavy atom. The van der Waals surface area contributed by atoms with Crippen molar-refractivity contribution < 1.29 is 14.3 Å². The molecule has 2 fully saturated rings. The standard InChI is InChI=1S/C22H28N4O3S/c1-15-5-2-7-17(11-15)24-22-25-19(14-30-22)21(28)26-9-3-6-16(13-26)20(27)23-12-18-8-4-10-29-18/h2,5,7,11,14,16,18H,3-4,6,8-10,12-13H2,1H3,(H,23,27)(H,24,25)/t16-,18-/m0/s1. The number of thiazole rings is 1. The van der Waals surface area contributed by atoms with Crippen LogP contribution in [0.25, 0.3) is 0 Å². The van der Waals surface area contributed by atoms with Gasteiger partial charge in [-0.3, -0.25) is 9.59 Å². The van der Waals surface area contributed by atoms with E-state index >= 15 is 0 Å². The Hall–Kier alpha value is -2.45. The van der Waals surface area contributed by atoms with Crippen LogP contribution in [0.2, 0.25) is 0 Å². The van der Waals surface area contributed by atoms with Gasteiger partial charge in [0.05, 0.1) is 12.0 Å². The maximum atomic E-state index is 12.9. The molecule has 0 bridgehead atoms. The largest absolute Gasteiger partial charge is 0.376 e. The van der Waals surface area contributed by atoms with Crippen molar-refractivity contribution in [3.63, 3.8) is 0 Å². The number of rotatable bonds is 6. The van der Waals surface area contributed by atoms with Crippen LogP contribution >= 0.6 is 11.3 Å². The van der Waals surface area contributed by atoms with Gasteiger partial charge in [0.25, 0.3) is 5.91 Å². The van der Waals surface area contributed by atoms with E-state index in [4.69, 9.17) is 4.74 Å². The molecule has 2 saturated heterocycles. The number of carbonyl (C=O) groups excluding carboxylic acids is 2. The third-order valence-corrected chi connectivity index (χ3v) is 6.36. The number of hydrogen-bond donors (Lipinski definition) is 2. The molecule has 2 aliphatic rings. The van der Waals surface area contributed by atoms with Crippen molar-refractivity contribution in [2.45, 2.75) is 38.7 Å². The Kier molecular flexibility index (Phi) is 6.64. The number of benzene rings is 1. The smallest absolute Gasteiger partial charge is 0.273 e. The molecule has 0 aliphatic carbocycles. The molecule has 3 heterocycles. The van der Waals surface area contributed by atoms with Gasteiger partial charge < -0.3 is 20.3 Å². The minimum Gasteiger partial charge on any atom is -0.376 e. The van der Waals surface area contributed by atoms with E-state index in [0.717, 1.165) is 43.5 Å². The second-order valence-electron chi connectivity index (χ2n) is 8.00. The highest BCUT2D eigenvalue weighted by Crippen LogP contribution is 2.24. The highest BCUT2D eigenvalue weighted by Gasteiger charge is 2.30. The monoisotopic (exact) mass is 428 g/mol. The molecular weight excluding hydrogens is 400 g/mol. The van der Waals surface area contributed by atoms with Crippen LogP contribution in [0.4, 0.5) is 10.8 Å². The van der Waals surface area contributed by atoms with Crippen LogP contribution in [0.3, 0.4) is 0 Å². The third kappa shape index (κ3) is 5.17.